The average molecular weight is 345 g/mol. The van der Waals surface area contributed by atoms with Crippen molar-refractivity contribution in [2.45, 2.75) is 37.4 Å². The second kappa shape index (κ2) is 6.92. The van der Waals surface area contributed by atoms with Gasteiger partial charge in [-0.15, -0.1) is 0 Å². The lowest BCUT2D eigenvalue weighted by Crippen LogP contribution is -2.52. The number of imide groups is 1. The summed E-state index contributed by atoms with van der Waals surface area (Å²) in [6.45, 7) is 0. The molecule has 8 heteroatoms. The molecule has 0 spiro atoms. The Labute approximate surface area is 144 Å². The molecule has 0 aromatic heterocycles. The van der Waals surface area contributed by atoms with Gasteiger partial charge in [0.15, 0.2) is 0 Å². The van der Waals surface area contributed by atoms with Crippen LogP contribution in [0.1, 0.15) is 30.9 Å². The fourth-order valence-corrected chi connectivity index (χ4v) is 3.28. The Hall–Kier alpha value is -2.90. The van der Waals surface area contributed by atoms with Crippen molar-refractivity contribution in [3.05, 3.63) is 35.9 Å². The summed E-state index contributed by atoms with van der Waals surface area (Å²) in [7, 11) is 1.23. The zero-order valence-electron chi connectivity index (χ0n) is 13.7. The number of amides is 4. The Balaban J connectivity index is 1.85. The molecule has 0 bridgehead atoms. The monoisotopic (exact) mass is 345 g/mol. The molecule has 0 unspecified atom stereocenters. The third-order valence-corrected chi connectivity index (χ3v) is 4.51. The van der Waals surface area contributed by atoms with Crippen LogP contribution in [-0.4, -0.2) is 47.9 Å². The van der Waals surface area contributed by atoms with Crippen LogP contribution in [-0.2, 0) is 19.1 Å². The number of hydrogen-bond donors (Lipinski definition) is 2. The molecule has 2 N–H and O–H groups in total. The van der Waals surface area contributed by atoms with E-state index >= 15 is 0 Å². The third-order valence-electron chi connectivity index (χ3n) is 4.51. The van der Waals surface area contributed by atoms with E-state index in [-0.39, 0.29) is 18.7 Å². The number of rotatable bonds is 4. The minimum atomic E-state index is -0.936. The van der Waals surface area contributed by atoms with Crippen LogP contribution in [0.4, 0.5) is 4.79 Å². The number of piperidine rings is 1. The number of carbonyl (C=O) groups is 4. The number of benzene rings is 1. The number of carbonyl (C=O) groups excluding carboxylic acids is 4. The average Bonchev–Trinajstić information content (AvgIpc) is 2.89. The van der Waals surface area contributed by atoms with E-state index in [4.69, 9.17) is 0 Å². The topological polar surface area (TPSA) is 105 Å². The maximum atomic E-state index is 12.6. The Morgan fingerprint density at radius 3 is 2.60 bits per heavy atom. The fraction of sp³-hybridized carbons (Fsp3) is 0.412. The first-order valence-electron chi connectivity index (χ1n) is 8.06. The van der Waals surface area contributed by atoms with Crippen LogP contribution in [0, 0.1) is 0 Å². The number of ether oxygens (including phenoxy) is 1. The van der Waals surface area contributed by atoms with Crippen LogP contribution >= 0.6 is 0 Å². The van der Waals surface area contributed by atoms with Gasteiger partial charge in [-0.3, -0.25) is 19.3 Å². The molecule has 25 heavy (non-hydrogen) atoms. The second-order valence-electron chi connectivity index (χ2n) is 6.05. The van der Waals surface area contributed by atoms with Crippen molar-refractivity contribution in [1.29, 1.82) is 0 Å². The van der Waals surface area contributed by atoms with Gasteiger partial charge in [0.25, 0.3) is 5.91 Å². The van der Waals surface area contributed by atoms with Crippen LogP contribution in [0.25, 0.3) is 0 Å². The molecule has 2 fully saturated rings. The summed E-state index contributed by atoms with van der Waals surface area (Å²) in [6.07, 6.45) is 0.384. The maximum Gasteiger partial charge on any atom is 0.325 e. The Kier molecular flexibility index (Phi) is 4.69. The first kappa shape index (κ1) is 16.9. The first-order valence-corrected chi connectivity index (χ1v) is 8.06. The summed E-state index contributed by atoms with van der Waals surface area (Å²) in [5.74, 6) is -1.17. The van der Waals surface area contributed by atoms with Crippen molar-refractivity contribution >= 4 is 23.8 Å². The predicted octanol–water partition coefficient (Wildman–Crippen LogP) is 0.490. The third kappa shape index (κ3) is 3.33. The summed E-state index contributed by atoms with van der Waals surface area (Å²) in [5, 5.41) is 5.39. The van der Waals surface area contributed by atoms with Gasteiger partial charge in [-0.2, -0.15) is 0 Å². The highest BCUT2D eigenvalue weighted by Crippen LogP contribution is 2.30. The number of urea groups is 1. The summed E-state index contributed by atoms with van der Waals surface area (Å²) in [6, 6.07) is 6.72. The van der Waals surface area contributed by atoms with Crippen molar-refractivity contribution in [2.75, 3.05) is 7.11 Å². The molecule has 2 aliphatic rings. The zero-order chi connectivity index (χ0) is 18.0. The normalized spacial score (nSPS) is 26.2. The lowest BCUT2D eigenvalue weighted by Gasteiger charge is -2.36. The minimum absolute atomic E-state index is 0.122. The van der Waals surface area contributed by atoms with E-state index in [0.29, 0.717) is 6.42 Å². The largest absolute Gasteiger partial charge is 0.469 e. The van der Waals surface area contributed by atoms with E-state index in [1.165, 1.54) is 7.11 Å². The fourth-order valence-electron chi connectivity index (χ4n) is 3.28. The SMILES string of the molecule is COC(=O)C[C@H]1NC(=O)N([C@@H]2CCC(=O)N[C@H]2c2ccccc2)C1=O. The van der Waals surface area contributed by atoms with Gasteiger partial charge in [0.05, 0.1) is 25.6 Å². The highest BCUT2D eigenvalue weighted by Gasteiger charge is 2.47. The summed E-state index contributed by atoms with van der Waals surface area (Å²) in [5.41, 5.74) is 0.817. The molecule has 132 valence electrons. The van der Waals surface area contributed by atoms with Crippen molar-refractivity contribution in [3.8, 4) is 0 Å². The molecular weight excluding hydrogens is 326 g/mol. The maximum absolute atomic E-state index is 12.6. The standard InChI is InChI=1S/C17H19N3O5/c1-25-14(22)9-11-16(23)20(17(24)18-11)12-7-8-13(21)19-15(12)10-5-3-2-4-6-10/h2-6,11-12,15H,7-9H2,1H3,(H,18,24)(H,19,21)/t11-,12-,15+/m1/s1. The second-order valence-corrected chi connectivity index (χ2v) is 6.05. The van der Waals surface area contributed by atoms with Crippen LogP contribution in [0.5, 0.6) is 0 Å². The van der Waals surface area contributed by atoms with Gasteiger partial charge in [-0.1, -0.05) is 30.3 Å². The molecule has 3 atom stereocenters. The van der Waals surface area contributed by atoms with E-state index in [2.05, 4.69) is 15.4 Å². The number of nitrogens with one attached hydrogen (secondary N) is 2. The van der Waals surface area contributed by atoms with Gasteiger partial charge in [0, 0.05) is 6.42 Å². The highest BCUT2D eigenvalue weighted by atomic mass is 16.5. The molecule has 2 heterocycles. The predicted molar refractivity (Wildman–Crippen MR) is 86.1 cm³/mol. The molecule has 1 aromatic rings. The first-order chi connectivity index (χ1) is 12.0. The Morgan fingerprint density at radius 1 is 1.20 bits per heavy atom. The Bertz CT molecular complexity index is 705. The van der Waals surface area contributed by atoms with Gasteiger partial charge >= 0.3 is 12.0 Å². The molecule has 8 nitrogen and oxygen atoms in total. The smallest absolute Gasteiger partial charge is 0.325 e. The molecule has 2 aliphatic heterocycles. The molecule has 0 saturated carbocycles. The highest BCUT2D eigenvalue weighted by molar-refractivity contribution is 6.06. The van der Waals surface area contributed by atoms with Crippen LogP contribution in [0.15, 0.2) is 30.3 Å². The van der Waals surface area contributed by atoms with Crippen LogP contribution in [0.3, 0.4) is 0 Å². The molecule has 2 saturated heterocycles. The number of nitrogens with zero attached hydrogens (tertiary/aromatic N) is 1. The molecule has 4 amide bonds. The van der Waals surface area contributed by atoms with E-state index in [0.717, 1.165) is 10.5 Å². The quantitative estimate of drug-likeness (QED) is 0.610. The van der Waals surface area contributed by atoms with Gasteiger partial charge in [-0.05, 0) is 12.0 Å². The minimum Gasteiger partial charge on any atom is -0.469 e. The molecule has 3 rings (SSSR count). The number of methoxy groups -OCH3 is 1. The summed E-state index contributed by atoms with van der Waals surface area (Å²) >= 11 is 0. The number of hydrogen-bond acceptors (Lipinski definition) is 5. The van der Waals surface area contributed by atoms with Gasteiger partial charge in [0.2, 0.25) is 5.91 Å². The van der Waals surface area contributed by atoms with Crippen molar-refractivity contribution in [3.63, 3.8) is 0 Å². The molecule has 0 radical (unpaired) electrons. The van der Waals surface area contributed by atoms with Gasteiger partial charge in [-0.25, -0.2) is 4.79 Å². The van der Waals surface area contributed by atoms with Gasteiger partial charge in [0.1, 0.15) is 6.04 Å². The lowest BCUT2D eigenvalue weighted by molar-refractivity contribution is -0.143. The summed E-state index contributed by atoms with van der Waals surface area (Å²) in [4.78, 5) is 49.4. The van der Waals surface area contributed by atoms with Crippen LogP contribution in [0.2, 0.25) is 0 Å². The van der Waals surface area contributed by atoms with Crippen molar-refractivity contribution in [1.82, 2.24) is 15.5 Å². The van der Waals surface area contributed by atoms with E-state index in [9.17, 15) is 19.2 Å². The Morgan fingerprint density at radius 2 is 1.92 bits per heavy atom. The molecule has 0 aliphatic carbocycles. The van der Waals surface area contributed by atoms with E-state index in [1.54, 1.807) is 0 Å². The molecule has 1 aromatic carbocycles. The van der Waals surface area contributed by atoms with Crippen molar-refractivity contribution in [2.24, 2.45) is 0 Å². The van der Waals surface area contributed by atoms with E-state index < -0.39 is 36.0 Å². The zero-order valence-corrected chi connectivity index (χ0v) is 13.7. The lowest BCUT2D eigenvalue weighted by atomic mass is 9.90. The van der Waals surface area contributed by atoms with Crippen LogP contribution < -0.4 is 10.6 Å². The molecular formula is C17H19N3O5. The van der Waals surface area contributed by atoms with E-state index in [1.807, 2.05) is 30.3 Å². The van der Waals surface area contributed by atoms with Crippen molar-refractivity contribution < 1.29 is 23.9 Å². The number of esters is 1. The van der Waals surface area contributed by atoms with Gasteiger partial charge < -0.3 is 15.4 Å². The summed E-state index contributed by atoms with van der Waals surface area (Å²) < 4.78 is 4.56.